The molecular weight excluding hydrogens is 208 g/mol. The largest absolute Gasteiger partial charge is 0.324 e. The number of hydrogen-bond acceptors (Lipinski definition) is 1. The molecule has 1 aromatic carbocycles. The minimum absolute atomic E-state index is 0. The van der Waals surface area contributed by atoms with Crippen molar-refractivity contribution in [3.63, 3.8) is 0 Å². The topological polar surface area (TPSA) is 26.0 Å². The van der Waals surface area contributed by atoms with Crippen LogP contribution in [0.5, 0.6) is 0 Å². The number of nitrogens with two attached hydrogens (primary N) is 1. The third-order valence-corrected chi connectivity index (χ3v) is 1.94. The van der Waals surface area contributed by atoms with Crippen LogP contribution in [0.25, 0.3) is 0 Å². The molecular formula is C10H14ClF2N. The lowest BCUT2D eigenvalue weighted by atomic mass is 10.0. The standard InChI is InChI=1S/C10H13F2N.ClH/c1-7-2-4-8(5-3-7)9(13)6-10(11)12;/h2-5,9-10H,6,13H2,1H3;1H/t9-;/m0./s1. The average Bonchev–Trinajstić information content (AvgIpc) is 2.04. The lowest BCUT2D eigenvalue weighted by Crippen LogP contribution is -2.13. The number of hydrogen-bond donors (Lipinski definition) is 1. The van der Waals surface area contributed by atoms with Crippen LogP contribution < -0.4 is 5.73 Å². The summed E-state index contributed by atoms with van der Waals surface area (Å²) in [6, 6.07) is 6.78. The average molecular weight is 222 g/mol. The van der Waals surface area contributed by atoms with Crippen molar-refractivity contribution < 1.29 is 8.78 Å². The van der Waals surface area contributed by atoms with Gasteiger partial charge in [-0.1, -0.05) is 29.8 Å². The third-order valence-electron chi connectivity index (χ3n) is 1.94. The van der Waals surface area contributed by atoms with Gasteiger partial charge in [-0.15, -0.1) is 12.4 Å². The van der Waals surface area contributed by atoms with E-state index < -0.39 is 12.5 Å². The van der Waals surface area contributed by atoms with E-state index >= 15 is 0 Å². The van der Waals surface area contributed by atoms with E-state index in [-0.39, 0.29) is 18.8 Å². The highest BCUT2D eigenvalue weighted by atomic mass is 35.5. The van der Waals surface area contributed by atoms with Crippen LogP contribution in [0.3, 0.4) is 0 Å². The highest BCUT2D eigenvalue weighted by molar-refractivity contribution is 5.85. The Bertz CT molecular complexity index is 261. The van der Waals surface area contributed by atoms with Gasteiger partial charge >= 0.3 is 0 Å². The molecule has 0 saturated heterocycles. The predicted molar refractivity (Wildman–Crippen MR) is 56.0 cm³/mol. The van der Waals surface area contributed by atoms with Gasteiger partial charge in [-0.2, -0.15) is 0 Å². The van der Waals surface area contributed by atoms with Gasteiger partial charge in [0, 0.05) is 12.5 Å². The van der Waals surface area contributed by atoms with Gasteiger partial charge < -0.3 is 5.73 Å². The van der Waals surface area contributed by atoms with Gasteiger partial charge in [-0.05, 0) is 12.5 Å². The molecule has 0 amide bonds. The molecule has 80 valence electrons. The van der Waals surface area contributed by atoms with Gasteiger partial charge in [-0.25, -0.2) is 8.78 Å². The lowest BCUT2D eigenvalue weighted by Gasteiger charge is -2.11. The van der Waals surface area contributed by atoms with Crippen LogP contribution in [-0.2, 0) is 0 Å². The predicted octanol–water partition coefficient (Wildman–Crippen LogP) is 3.07. The zero-order valence-corrected chi connectivity index (χ0v) is 8.73. The molecule has 0 aromatic heterocycles. The minimum atomic E-state index is -2.34. The van der Waals surface area contributed by atoms with Crippen LogP contribution in [0, 0.1) is 6.92 Å². The van der Waals surface area contributed by atoms with Gasteiger partial charge in [0.25, 0.3) is 0 Å². The van der Waals surface area contributed by atoms with Crippen LogP contribution in [0.2, 0.25) is 0 Å². The second-order valence-electron chi connectivity index (χ2n) is 3.14. The van der Waals surface area contributed by atoms with E-state index in [1.54, 1.807) is 12.1 Å². The summed E-state index contributed by atoms with van der Waals surface area (Å²) in [5, 5.41) is 0. The first kappa shape index (κ1) is 13.3. The van der Waals surface area contributed by atoms with E-state index in [2.05, 4.69) is 0 Å². The van der Waals surface area contributed by atoms with E-state index in [4.69, 9.17) is 5.73 Å². The van der Waals surface area contributed by atoms with Crippen molar-refractivity contribution in [3.05, 3.63) is 35.4 Å². The molecule has 0 heterocycles. The lowest BCUT2D eigenvalue weighted by molar-refractivity contribution is 0.128. The van der Waals surface area contributed by atoms with E-state index in [1.165, 1.54) is 0 Å². The Labute approximate surface area is 88.7 Å². The number of aryl methyl sites for hydroxylation is 1. The SMILES string of the molecule is Cc1ccc([C@@H](N)CC(F)F)cc1.Cl. The molecule has 0 bridgehead atoms. The first-order valence-electron chi connectivity index (χ1n) is 4.20. The van der Waals surface area contributed by atoms with Crippen molar-refractivity contribution in [1.29, 1.82) is 0 Å². The maximum atomic E-state index is 12.0. The molecule has 0 saturated carbocycles. The number of halogens is 3. The smallest absolute Gasteiger partial charge is 0.240 e. The molecule has 0 aliphatic carbocycles. The molecule has 1 nitrogen and oxygen atoms in total. The van der Waals surface area contributed by atoms with Crippen LogP contribution >= 0.6 is 12.4 Å². The van der Waals surface area contributed by atoms with Crippen LogP contribution in [0.1, 0.15) is 23.6 Å². The first-order valence-corrected chi connectivity index (χ1v) is 4.20. The first-order chi connectivity index (χ1) is 6.09. The van der Waals surface area contributed by atoms with Gasteiger partial charge in [0.05, 0.1) is 0 Å². The maximum absolute atomic E-state index is 12.0. The second kappa shape index (κ2) is 5.94. The van der Waals surface area contributed by atoms with E-state index in [9.17, 15) is 8.78 Å². The Hall–Kier alpha value is -0.670. The summed E-state index contributed by atoms with van der Waals surface area (Å²) >= 11 is 0. The maximum Gasteiger partial charge on any atom is 0.240 e. The van der Waals surface area contributed by atoms with Crippen molar-refractivity contribution in [2.24, 2.45) is 5.73 Å². The molecule has 0 fully saturated rings. The fourth-order valence-electron chi connectivity index (χ4n) is 1.14. The highest BCUT2D eigenvalue weighted by Crippen LogP contribution is 2.18. The zero-order valence-electron chi connectivity index (χ0n) is 7.91. The quantitative estimate of drug-likeness (QED) is 0.834. The molecule has 4 heteroatoms. The Kier molecular flexibility index (Phi) is 5.65. The molecule has 0 unspecified atom stereocenters. The Morgan fingerprint density at radius 1 is 1.21 bits per heavy atom. The second-order valence-corrected chi connectivity index (χ2v) is 3.14. The van der Waals surface area contributed by atoms with Crippen molar-refractivity contribution >= 4 is 12.4 Å². The van der Waals surface area contributed by atoms with Crippen molar-refractivity contribution in [2.45, 2.75) is 25.8 Å². The summed E-state index contributed by atoms with van der Waals surface area (Å²) in [6.45, 7) is 1.95. The minimum Gasteiger partial charge on any atom is -0.324 e. The van der Waals surface area contributed by atoms with Crippen molar-refractivity contribution in [2.75, 3.05) is 0 Å². The van der Waals surface area contributed by atoms with Crippen LogP contribution in [0.4, 0.5) is 8.78 Å². The van der Waals surface area contributed by atoms with Gasteiger partial charge in [0.15, 0.2) is 0 Å². The molecule has 0 spiro atoms. The fourth-order valence-corrected chi connectivity index (χ4v) is 1.14. The van der Waals surface area contributed by atoms with Crippen LogP contribution in [0.15, 0.2) is 24.3 Å². The molecule has 0 radical (unpaired) electrons. The summed E-state index contributed by atoms with van der Waals surface area (Å²) in [4.78, 5) is 0. The number of alkyl halides is 2. The molecule has 0 aliphatic heterocycles. The number of benzene rings is 1. The van der Waals surface area contributed by atoms with Gasteiger partial charge in [-0.3, -0.25) is 0 Å². The highest BCUT2D eigenvalue weighted by Gasteiger charge is 2.11. The van der Waals surface area contributed by atoms with E-state index in [1.807, 2.05) is 19.1 Å². The number of rotatable bonds is 3. The Balaban J connectivity index is 0.00000169. The van der Waals surface area contributed by atoms with E-state index in [0.717, 1.165) is 11.1 Å². The Morgan fingerprint density at radius 2 is 1.71 bits per heavy atom. The van der Waals surface area contributed by atoms with Crippen molar-refractivity contribution in [3.8, 4) is 0 Å². The van der Waals surface area contributed by atoms with Crippen LogP contribution in [-0.4, -0.2) is 6.43 Å². The summed E-state index contributed by atoms with van der Waals surface area (Å²) in [5.74, 6) is 0. The Morgan fingerprint density at radius 3 is 2.14 bits per heavy atom. The summed E-state index contributed by atoms with van der Waals surface area (Å²) in [5.41, 5.74) is 7.44. The molecule has 0 aliphatic rings. The molecule has 14 heavy (non-hydrogen) atoms. The zero-order chi connectivity index (χ0) is 9.84. The summed E-state index contributed by atoms with van der Waals surface area (Å²) in [7, 11) is 0. The van der Waals surface area contributed by atoms with E-state index in [0.29, 0.717) is 0 Å². The molecule has 2 N–H and O–H groups in total. The van der Waals surface area contributed by atoms with Gasteiger partial charge in [0.2, 0.25) is 6.43 Å². The molecule has 1 atom stereocenters. The normalized spacial score (nSPS) is 12.4. The monoisotopic (exact) mass is 221 g/mol. The third kappa shape index (κ3) is 4.03. The summed E-state index contributed by atoms with van der Waals surface area (Å²) in [6.07, 6.45) is -2.61. The van der Waals surface area contributed by atoms with Gasteiger partial charge in [0.1, 0.15) is 0 Å². The fraction of sp³-hybridized carbons (Fsp3) is 0.400. The molecule has 1 rings (SSSR count). The molecule has 1 aromatic rings. The van der Waals surface area contributed by atoms with Crippen molar-refractivity contribution in [1.82, 2.24) is 0 Å². The summed E-state index contributed by atoms with van der Waals surface area (Å²) < 4.78 is 23.9.